The van der Waals surface area contributed by atoms with Gasteiger partial charge in [0.05, 0.1) is 5.69 Å². The fraction of sp³-hybridized carbons (Fsp3) is 0.273. The number of ketones is 1. The largest absolute Gasteiger partial charge is 0.354 e. The highest BCUT2D eigenvalue weighted by Gasteiger charge is 2.39. The van der Waals surface area contributed by atoms with Crippen LogP contribution >= 0.6 is 11.6 Å². The van der Waals surface area contributed by atoms with Crippen molar-refractivity contribution < 1.29 is 14.3 Å². The van der Waals surface area contributed by atoms with Crippen LogP contribution in [0, 0.1) is 0 Å². The molecule has 1 atom stereocenters. The Labute approximate surface area is 97.7 Å². The summed E-state index contributed by atoms with van der Waals surface area (Å²) in [6.07, 6.45) is -0.869. The molecule has 1 aliphatic rings. The van der Waals surface area contributed by atoms with Gasteiger partial charge in [0.25, 0.3) is 0 Å². The van der Waals surface area contributed by atoms with E-state index in [0.717, 1.165) is 0 Å². The van der Waals surface area contributed by atoms with Crippen molar-refractivity contribution in [2.45, 2.75) is 13.2 Å². The van der Waals surface area contributed by atoms with Gasteiger partial charge in [-0.05, 0) is 18.2 Å². The number of fused-ring (bicyclic) bond motifs is 1. The summed E-state index contributed by atoms with van der Waals surface area (Å²) in [6, 6.07) is 4.82. The van der Waals surface area contributed by atoms with Gasteiger partial charge in [0, 0.05) is 24.6 Å². The van der Waals surface area contributed by atoms with Gasteiger partial charge in [-0.1, -0.05) is 11.6 Å². The first-order valence-electron chi connectivity index (χ1n) is 4.72. The van der Waals surface area contributed by atoms with Gasteiger partial charge in [-0.3, -0.25) is 14.5 Å². The maximum absolute atomic E-state index is 11.9. The number of carbonyl (C=O) groups excluding carboxylic acids is 2. The summed E-state index contributed by atoms with van der Waals surface area (Å²) in [5, 5.41) is 0.481. The molecular weight excluding hydrogens is 230 g/mol. The molecule has 1 aromatic carbocycles. The molecule has 1 aromatic rings. The maximum Gasteiger partial charge on any atom is 0.226 e. The minimum Gasteiger partial charge on any atom is -0.354 e. The first-order valence-corrected chi connectivity index (χ1v) is 5.10. The molecule has 5 heteroatoms. The molecule has 0 saturated carbocycles. The summed E-state index contributed by atoms with van der Waals surface area (Å²) in [5.74, 6) is -0.467. The van der Waals surface area contributed by atoms with Crippen LogP contribution in [0.1, 0.15) is 17.3 Å². The number of methoxy groups -OCH3 is 1. The molecule has 0 bridgehead atoms. The van der Waals surface area contributed by atoms with Crippen molar-refractivity contribution in [2.24, 2.45) is 0 Å². The smallest absolute Gasteiger partial charge is 0.226 e. The second kappa shape index (κ2) is 3.88. The Morgan fingerprint density at radius 3 is 2.75 bits per heavy atom. The van der Waals surface area contributed by atoms with Crippen LogP contribution in [-0.4, -0.2) is 25.0 Å². The average Bonchev–Trinajstić information content (AvgIpc) is 2.50. The van der Waals surface area contributed by atoms with Gasteiger partial charge in [-0.25, -0.2) is 0 Å². The van der Waals surface area contributed by atoms with Crippen LogP contribution in [0.3, 0.4) is 0 Å². The molecule has 2 rings (SSSR count). The average molecular weight is 240 g/mol. The SMILES string of the molecule is COC1C(=O)c2ccc(Cl)cc2N1C(C)=O. The van der Waals surface area contributed by atoms with E-state index in [-0.39, 0.29) is 11.7 Å². The van der Waals surface area contributed by atoms with Gasteiger partial charge in [0.1, 0.15) is 0 Å². The highest BCUT2D eigenvalue weighted by Crippen LogP contribution is 2.34. The molecule has 0 fully saturated rings. The molecule has 84 valence electrons. The summed E-state index contributed by atoms with van der Waals surface area (Å²) in [4.78, 5) is 24.7. The lowest BCUT2D eigenvalue weighted by molar-refractivity contribution is -0.118. The summed E-state index contributed by atoms with van der Waals surface area (Å²) >= 11 is 5.84. The van der Waals surface area contributed by atoms with E-state index in [1.807, 2.05) is 0 Å². The molecule has 1 amide bonds. The van der Waals surface area contributed by atoms with Gasteiger partial charge in [-0.2, -0.15) is 0 Å². The number of benzene rings is 1. The lowest BCUT2D eigenvalue weighted by Crippen LogP contribution is -2.40. The van der Waals surface area contributed by atoms with Crippen LogP contribution < -0.4 is 4.90 Å². The van der Waals surface area contributed by atoms with E-state index < -0.39 is 6.23 Å². The zero-order valence-corrected chi connectivity index (χ0v) is 9.62. The van der Waals surface area contributed by atoms with Crippen molar-refractivity contribution in [1.29, 1.82) is 0 Å². The van der Waals surface area contributed by atoms with Gasteiger partial charge in [-0.15, -0.1) is 0 Å². The van der Waals surface area contributed by atoms with Crippen LogP contribution in [0.25, 0.3) is 0 Å². The van der Waals surface area contributed by atoms with Gasteiger partial charge in [0.15, 0.2) is 0 Å². The molecule has 0 radical (unpaired) electrons. The van der Waals surface area contributed by atoms with Crippen LogP contribution in [0.2, 0.25) is 5.02 Å². The minimum atomic E-state index is -0.869. The fourth-order valence-corrected chi connectivity index (χ4v) is 2.00. The molecule has 0 spiro atoms. The fourth-order valence-electron chi connectivity index (χ4n) is 1.84. The normalized spacial score (nSPS) is 18.8. The molecule has 16 heavy (non-hydrogen) atoms. The number of hydrogen-bond donors (Lipinski definition) is 0. The number of carbonyl (C=O) groups is 2. The van der Waals surface area contributed by atoms with Crippen molar-refractivity contribution in [2.75, 3.05) is 12.0 Å². The topological polar surface area (TPSA) is 46.6 Å². The van der Waals surface area contributed by atoms with Crippen LogP contribution in [0.4, 0.5) is 5.69 Å². The Balaban J connectivity index is 2.59. The van der Waals surface area contributed by atoms with E-state index >= 15 is 0 Å². The first kappa shape index (κ1) is 11.1. The maximum atomic E-state index is 11.9. The number of rotatable bonds is 1. The molecule has 0 aliphatic carbocycles. The Morgan fingerprint density at radius 2 is 2.19 bits per heavy atom. The van der Waals surface area contributed by atoms with E-state index in [9.17, 15) is 9.59 Å². The molecule has 0 N–H and O–H groups in total. The van der Waals surface area contributed by atoms with Gasteiger partial charge >= 0.3 is 0 Å². The van der Waals surface area contributed by atoms with Crippen molar-refractivity contribution in [3.8, 4) is 0 Å². The van der Waals surface area contributed by atoms with E-state index in [2.05, 4.69) is 0 Å². The van der Waals surface area contributed by atoms with Crippen molar-refractivity contribution >= 4 is 29.0 Å². The van der Waals surface area contributed by atoms with Gasteiger partial charge in [0.2, 0.25) is 17.9 Å². The zero-order chi connectivity index (χ0) is 11.9. The standard InChI is InChI=1S/C11H10ClNO3/c1-6(14)13-9-5-7(12)3-4-8(9)10(15)11(13)16-2/h3-5,11H,1-2H3. The number of nitrogens with zero attached hydrogens (tertiary/aromatic N) is 1. The van der Waals surface area contributed by atoms with E-state index in [1.54, 1.807) is 18.2 Å². The highest BCUT2D eigenvalue weighted by molar-refractivity contribution is 6.31. The quantitative estimate of drug-likeness (QED) is 0.752. The van der Waals surface area contributed by atoms with Crippen LogP contribution in [0.15, 0.2) is 18.2 Å². The first-order chi connectivity index (χ1) is 7.56. The Morgan fingerprint density at radius 1 is 1.50 bits per heavy atom. The lowest BCUT2D eigenvalue weighted by atomic mass is 10.1. The summed E-state index contributed by atoms with van der Waals surface area (Å²) in [6.45, 7) is 1.38. The predicted octanol–water partition coefficient (Wildman–Crippen LogP) is 1.86. The molecule has 0 aromatic heterocycles. The third-order valence-electron chi connectivity index (χ3n) is 2.51. The number of ether oxygens (including phenoxy) is 1. The number of anilines is 1. The van der Waals surface area contributed by atoms with E-state index in [4.69, 9.17) is 16.3 Å². The molecule has 1 heterocycles. The summed E-state index contributed by atoms with van der Waals surface area (Å²) < 4.78 is 5.03. The highest BCUT2D eigenvalue weighted by atomic mass is 35.5. The third kappa shape index (κ3) is 1.50. The van der Waals surface area contributed by atoms with Crippen molar-refractivity contribution in [3.63, 3.8) is 0 Å². The number of Topliss-reactive ketones (excluding diaryl/α,β-unsaturated/α-hetero) is 1. The van der Waals surface area contributed by atoms with Crippen LogP contribution in [0.5, 0.6) is 0 Å². The number of amides is 1. The van der Waals surface area contributed by atoms with Crippen molar-refractivity contribution in [3.05, 3.63) is 28.8 Å². The van der Waals surface area contributed by atoms with E-state index in [0.29, 0.717) is 16.3 Å². The molecule has 4 nitrogen and oxygen atoms in total. The number of hydrogen-bond acceptors (Lipinski definition) is 3. The summed E-state index contributed by atoms with van der Waals surface area (Å²) in [7, 11) is 1.39. The van der Waals surface area contributed by atoms with Gasteiger partial charge < -0.3 is 4.74 Å². The third-order valence-corrected chi connectivity index (χ3v) is 2.74. The second-order valence-corrected chi connectivity index (χ2v) is 3.94. The van der Waals surface area contributed by atoms with Crippen molar-refractivity contribution in [1.82, 2.24) is 0 Å². The summed E-state index contributed by atoms with van der Waals surface area (Å²) in [5.41, 5.74) is 0.975. The second-order valence-electron chi connectivity index (χ2n) is 3.50. The zero-order valence-electron chi connectivity index (χ0n) is 8.86. The molecule has 1 unspecified atom stereocenters. The van der Waals surface area contributed by atoms with E-state index in [1.165, 1.54) is 18.9 Å². The Kier molecular flexibility index (Phi) is 2.69. The monoisotopic (exact) mass is 239 g/mol. The predicted molar refractivity (Wildman–Crippen MR) is 59.7 cm³/mol. The minimum absolute atomic E-state index is 0.218. The molecule has 0 saturated heterocycles. The molecular formula is C11H10ClNO3. The Hall–Kier alpha value is -1.39. The van der Waals surface area contributed by atoms with Crippen LogP contribution in [-0.2, 0) is 9.53 Å². The lowest BCUT2D eigenvalue weighted by Gasteiger charge is -2.21. The number of halogens is 1. The Bertz CT molecular complexity index is 472. The molecule has 1 aliphatic heterocycles.